The molecule has 0 saturated carbocycles. The van der Waals surface area contributed by atoms with Crippen molar-refractivity contribution >= 4 is 17.4 Å². The number of benzene rings is 1. The number of carbonyl (C=O) groups excluding carboxylic acids is 1. The molecule has 0 aliphatic rings. The van der Waals surface area contributed by atoms with Crippen LogP contribution in [0.5, 0.6) is 0 Å². The number of aromatic nitrogens is 1. The Morgan fingerprint density at radius 3 is 2.73 bits per heavy atom. The van der Waals surface area contributed by atoms with E-state index in [1.165, 1.54) is 23.5 Å². The molecule has 0 aliphatic carbocycles. The molecular formula is C15H18FN3O2S. The van der Waals surface area contributed by atoms with Gasteiger partial charge in [-0.3, -0.25) is 4.84 Å². The summed E-state index contributed by atoms with van der Waals surface area (Å²) in [5, 5.41) is 3.58. The summed E-state index contributed by atoms with van der Waals surface area (Å²) in [6, 6.07) is 5.60. The Labute approximate surface area is 132 Å². The number of aryl methyl sites for hydroxylation is 1. The van der Waals surface area contributed by atoms with Gasteiger partial charge in [0.05, 0.1) is 23.2 Å². The molecule has 0 radical (unpaired) electrons. The second kappa shape index (κ2) is 7.33. The minimum atomic E-state index is -0.398. The fraction of sp³-hybridized carbons (Fsp3) is 0.333. The molecule has 2 rings (SSSR count). The second-order valence-electron chi connectivity index (χ2n) is 4.71. The van der Waals surface area contributed by atoms with Gasteiger partial charge >= 0.3 is 6.03 Å². The van der Waals surface area contributed by atoms with Gasteiger partial charge in [0.15, 0.2) is 0 Å². The monoisotopic (exact) mass is 323 g/mol. The molecule has 2 amide bonds. The van der Waals surface area contributed by atoms with Crippen LogP contribution < -0.4 is 10.8 Å². The van der Waals surface area contributed by atoms with Crippen LogP contribution in [0.2, 0.25) is 0 Å². The number of carbonyl (C=O) groups is 1. The average Bonchev–Trinajstić information content (AvgIpc) is 2.88. The van der Waals surface area contributed by atoms with Crippen LogP contribution in [0.3, 0.4) is 0 Å². The van der Waals surface area contributed by atoms with Crippen LogP contribution in [0.1, 0.15) is 30.5 Å². The molecule has 118 valence electrons. The van der Waals surface area contributed by atoms with E-state index < -0.39 is 6.03 Å². The fourth-order valence-electron chi connectivity index (χ4n) is 1.96. The zero-order valence-electron chi connectivity index (χ0n) is 12.6. The number of hydroxylamine groups is 1. The molecule has 1 heterocycles. The van der Waals surface area contributed by atoms with Gasteiger partial charge in [-0.1, -0.05) is 0 Å². The van der Waals surface area contributed by atoms with E-state index in [1.54, 1.807) is 19.1 Å². The van der Waals surface area contributed by atoms with E-state index in [4.69, 9.17) is 4.84 Å². The zero-order chi connectivity index (χ0) is 16.1. The Hall–Kier alpha value is -1.99. The number of hydrogen-bond donors (Lipinski definition) is 2. The minimum Gasteiger partial charge on any atom is -0.329 e. The van der Waals surface area contributed by atoms with Crippen molar-refractivity contribution in [1.29, 1.82) is 0 Å². The van der Waals surface area contributed by atoms with Crippen molar-refractivity contribution in [2.24, 2.45) is 0 Å². The Bertz CT molecular complexity index is 643. The van der Waals surface area contributed by atoms with Crippen molar-refractivity contribution in [3.05, 3.63) is 40.7 Å². The first kappa shape index (κ1) is 16.4. The van der Waals surface area contributed by atoms with Gasteiger partial charge in [0.25, 0.3) is 0 Å². The lowest BCUT2D eigenvalue weighted by Crippen LogP contribution is -2.36. The summed E-state index contributed by atoms with van der Waals surface area (Å²) >= 11 is 1.48. The lowest BCUT2D eigenvalue weighted by atomic mass is 10.2. The van der Waals surface area contributed by atoms with Crippen molar-refractivity contribution in [2.45, 2.75) is 26.8 Å². The lowest BCUT2D eigenvalue weighted by Gasteiger charge is -2.13. The Morgan fingerprint density at radius 1 is 1.41 bits per heavy atom. The van der Waals surface area contributed by atoms with Crippen molar-refractivity contribution < 1.29 is 14.0 Å². The summed E-state index contributed by atoms with van der Waals surface area (Å²) in [7, 11) is 0. The summed E-state index contributed by atoms with van der Waals surface area (Å²) in [6.45, 7) is 5.94. The summed E-state index contributed by atoms with van der Waals surface area (Å²) in [5.74, 6) is -0.278. The number of nitrogens with one attached hydrogen (secondary N) is 2. The van der Waals surface area contributed by atoms with Gasteiger partial charge in [0.1, 0.15) is 10.8 Å². The van der Waals surface area contributed by atoms with Gasteiger partial charge in [-0.05, 0) is 45.0 Å². The molecule has 0 aliphatic heterocycles. The quantitative estimate of drug-likeness (QED) is 0.827. The molecule has 2 aromatic rings. The highest BCUT2D eigenvalue weighted by Crippen LogP contribution is 2.31. The van der Waals surface area contributed by atoms with Crippen LogP contribution in [0.4, 0.5) is 9.18 Å². The molecule has 0 fully saturated rings. The topological polar surface area (TPSA) is 63.2 Å². The number of hydrogen-bond acceptors (Lipinski definition) is 4. The van der Waals surface area contributed by atoms with Crippen LogP contribution in [0.15, 0.2) is 24.3 Å². The number of amides is 2. The molecule has 22 heavy (non-hydrogen) atoms. The van der Waals surface area contributed by atoms with E-state index in [2.05, 4.69) is 15.8 Å². The summed E-state index contributed by atoms with van der Waals surface area (Å²) in [5.41, 5.74) is 3.98. The van der Waals surface area contributed by atoms with E-state index in [9.17, 15) is 9.18 Å². The summed E-state index contributed by atoms with van der Waals surface area (Å²) in [4.78, 5) is 21.9. The van der Waals surface area contributed by atoms with E-state index in [0.29, 0.717) is 6.61 Å². The molecule has 0 unspecified atom stereocenters. The maximum Gasteiger partial charge on any atom is 0.339 e. The number of rotatable bonds is 5. The lowest BCUT2D eigenvalue weighted by molar-refractivity contribution is 0.0697. The molecule has 1 atom stereocenters. The summed E-state index contributed by atoms with van der Waals surface area (Å²) < 4.78 is 13.0. The van der Waals surface area contributed by atoms with Crippen molar-refractivity contribution in [2.75, 3.05) is 6.61 Å². The highest BCUT2D eigenvalue weighted by molar-refractivity contribution is 7.15. The van der Waals surface area contributed by atoms with E-state index in [-0.39, 0.29) is 11.9 Å². The maximum atomic E-state index is 13.0. The first-order valence-corrected chi connectivity index (χ1v) is 7.74. The van der Waals surface area contributed by atoms with Gasteiger partial charge in [-0.15, -0.1) is 11.3 Å². The van der Waals surface area contributed by atoms with Crippen LogP contribution in [0, 0.1) is 12.7 Å². The van der Waals surface area contributed by atoms with Gasteiger partial charge in [-0.2, -0.15) is 0 Å². The standard InChI is InChI=1S/C15H18FN3O2S/c1-4-21-19-15(20)18-10(3)13-9(2)17-14(22-13)11-5-7-12(16)8-6-11/h5-8,10H,4H2,1-3H3,(H2,18,19,20)/t10-/m0/s1. The molecule has 2 N–H and O–H groups in total. The minimum absolute atomic E-state index is 0.202. The number of halogens is 1. The number of urea groups is 1. The van der Waals surface area contributed by atoms with Crippen LogP contribution in [-0.2, 0) is 4.84 Å². The van der Waals surface area contributed by atoms with E-state index in [0.717, 1.165) is 21.1 Å². The smallest absolute Gasteiger partial charge is 0.329 e. The SMILES string of the molecule is CCONC(=O)N[C@@H](C)c1sc(-c2ccc(F)cc2)nc1C. The predicted octanol–water partition coefficient (Wildman–Crippen LogP) is 3.57. The fourth-order valence-corrected chi connectivity index (χ4v) is 3.03. The Kier molecular flexibility index (Phi) is 5.46. The first-order valence-electron chi connectivity index (χ1n) is 6.92. The molecular weight excluding hydrogens is 305 g/mol. The third-order valence-electron chi connectivity index (χ3n) is 2.97. The molecule has 0 saturated heterocycles. The largest absolute Gasteiger partial charge is 0.339 e. The average molecular weight is 323 g/mol. The third kappa shape index (κ3) is 4.02. The molecule has 0 bridgehead atoms. The van der Waals surface area contributed by atoms with Gasteiger partial charge in [0, 0.05) is 5.56 Å². The van der Waals surface area contributed by atoms with Crippen molar-refractivity contribution in [3.8, 4) is 10.6 Å². The molecule has 1 aromatic carbocycles. The molecule has 5 nitrogen and oxygen atoms in total. The molecule has 7 heteroatoms. The van der Waals surface area contributed by atoms with Crippen LogP contribution in [-0.4, -0.2) is 17.6 Å². The highest BCUT2D eigenvalue weighted by Gasteiger charge is 2.17. The van der Waals surface area contributed by atoms with Gasteiger partial charge in [0.2, 0.25) is 0 Å². The third-order valence-corrected chi connectivity index (χ3v) is 4.36. The number of nitrogens with zero attached hydrogens (tertiary/aromatic N) is 1. The van der Waals surface area contributed by atoms with E-state index >= 15 is 0 Å². The normalized spacial score (nSPS) is 12.0. The van der Waals surface area contributed by atoms with Crippen LogP contribution in [0.25, 0.3) is 10.6 Å². The molecule has 1 aromatic heterocycles. The van der Waals surface area contributed by atoms with Crippen molar-refractivity contribution in [1.82, 2.24) is 15.8 Å². The van der Waals surface area contributed by atoms with Gasteiger partial charge in [-0.25, -0.2) is 19.6 Å². The zero-order valence-corrected chi connectivity index (χ0v) is 13.5. The van der Waals surface area contributed by atoms with E-state index in [1.807, 2.05) is 13.8 Å². The maximum absolute atomic E-state index is 13.0. The highest BCUT2D eigenvalue weighted by atomic mass is 32.1. The van der Waals surface area contributed by atoms with Gasteiger partial charge < -0.3 is 5.32 Å². The van der Waals surface area contributed by atoms with Crippen LogP contribution >= 0.6 is 11.3 Å². The first-order chi connectivity index (χ1) is 10.5. The van der Waals surface area contributed by atoms with Crippen molar-refractivity contribution in [3.63, 3.8) is 0 Å². The Morgan fingerprint density at radius 2 is 2.09 bits per heavy atom. The second-order valence-corrected chi connectivity index (χ2v) is 5.74. The molecule has 0 spiro atoms. The Balaban J connectivity index is 2.12. The predicted molar refractivity (Wildman–Crippen MR) is 84.0 cm³/mol. The number of thiazole rings is 1. The summed E-state index contributed by atoms with van der Waals surface area (Å²) in [6.07, 6.45) is 0.